The molecule has 4 rings (SSSR count). The molecule has 4 nitrogen and oxygen atoms in total. The number of anilines is 2. The molecule has 0 aliphatic carbocycles. The number of benzene rings is 3. The number of hydrogen-bond acceptors (Lipinski definition) is 3. The Morgan fingerprint density at radius 2 is 1.50 bits per heavy atom. The molecule has 150 valence electrons. The van der Waals surface area contributed by atoms with Crippen LogP contribution >= 0.6 is 0 Å². The van der Waals surface area contributed by atoms with E-state index in [0.717, 1.165) is 21.6 Å². The zero-order valence-corrected chi connectivity index (χ0v) is 17.0. The second-order valence-corrected chi connectivity index (χ2v) is 7.48. The minimum atomic E-state index is -0.513. The van der Waals surface area contributed by atoms with Crippen LogP contribution in [-0.2, 0) is 9.59 Å². The lowest BCUT2D eigenvalue weighted by Gasteiger charge is -2.15. The molecule has 0 radical (unpaired) electrons. The van der Waals surface area contributed by atoms with E-state index < -0.39 is 17.6 Å². The molecule has 0 fully saturated rings. The van der Waals surface area contributed by atoms with Crippen molar-refractivity contribution >= 4 is 28.8 Å². The minimum Gasteiger partial charge on any atom is -0.350 e. The van der Waals surface area contributed by atoms with Crippen molar-refractivity contribution in [3.8, 4) is 0 Å². The number of halogens is 1. The van der Waals surface area contributed by atoms with Gasteiger partial charge in [-0.1, -0.05) is 47.5 Å². The van der Waals surface area contributed by atoms with Crippen LogP contribution in [0.3, 0.4) is 0 Å². The van der Waals surface area contributed by atoms with Crippen LogP contribution < -0.4 is 10.2 Å². The molecule has 30 heavy (non-hydrogen) atoms. The van der Waals surface area contributed by atoms with E-state index in [1.54, 1.807) is 6.07 Å². The number of amides is 2. The molecule has 2 amide bonds. The molecule has 3 aromatic carbocycles. The van der Waals surface area contributed by atoms with Gasteiger partial charge in [-0.3, -0.25) is 9.59 Å². The van der Waals surface area contributed by atoms with E-state index in [9.17, 15) is 14.0 Å². The summed E-state index contributed by atoms with van der Waals surface area (Å²) in [6, 6.07) is 18.8. The van der Waals surface area contributed by atoms with Crippen molar-refractivity contribution in [2.24, 2.45) is 0 Å². The Morgan fingerprint density at radius 3 is 2.17 bits per heavy atom. The number of carbonyl (C=O) groups excluding carboxylic acids is 2. The highest BCUT2D eigenvalue weighted by atomic mass is 19.1. The molecule has 0 bridgehead atoms. The second-order valence-electron chi connectivity index (χ2n) is 7.48. The molecule has 5 heteroatoms. The van der Waals surface area contributed by atoms with Gasteiger partial charge in [-0.2, -0.15) is 0 Å². The summed E-state index contributed by atoms with van der Waals surface area (Å²) in [7, 11) is 0. The first-order chi connectivity index (χ1) is 14.3. The summed E-state index contributed by atoms with van der Waals surface area (Å²) in [6.07, 6.45) is 0. The summed E-state index contributed by atoms with van der Waals surface area (Å²) in [4.78, 5) is 27.8. The minimum absolute atomic E-state index is 0.181. The summed E-state index contributed by atoms with van der Waals surface area (Å²) in [5, 5.41) is 3.13. The third-order valence-electron chi connectivity index (χ3n) is 5.12. The number of nitrogens with one attached hydrogen (secondary N) is 1. The van der Waals surface area contributed by atoms with E-state index in [4.69, 9.17) is 0 Å². The number of nitrogens with zero attached hydrogens (tertiary/aromatic N) is 1. The molecule has 1 aliphatic heterocycles. The summed E-state index contributed by atoms with van der Waals surface area (Å²) in [5.41, 5.74) is 5.06. The fourth-order valence-corrected chi connectivity index (χ4v) is 3.62. The Morgan fingerprint density at radius 1 is 0.800 bits per heavy atom. The first-order valence-corrected chi connectivity index (χ1v) is 9.65. The Hall–Kier alpha value is -3.73. The Balaban J connectivity index is 1.86. The van der Waals surface area contributed by atoms with E-state index in [1.807, 2.05) is 63.2 Å². The molecule has 3 aromatic rings. The summed E-state index contributed by atoms with van der Waals surface area (Å²) in [6.45, 7) is 5.85. The van der Waals surface area contributed by atoms with Crippen LogP contribution in [0.1, 0.15) is 22.3 Å². The standard InChI is InChI=1S/C25H21FN2O2/c1-15-7-10-19(11-8-15)27-23-22(21-12-9-16(2)13-17(21)3)24(29)28(25(23)30)20-6-4-5-18(26)14-20/h4-14,27H,1-3H3. The van der Waals surface area contributed by atoms with Crippen molar-refractivity contribution in [3.05, 3.63) is 100 Å². The average molecular weight is 400 g/mol. The third-order valence-corrected chi connectivity index (χ3v) is 5.12. The number of hydrogen-bond donors (Lipinski definition) is 1. The van der Waals surface area contributed by atoms with Crippen molar-refractivity contribution < 1.29 is 14.0 Å². The molecular formula is C25H21FN2O2. The Kier molecular flexibility index (Phi) is 4.96. The summed E-state index contributed by atoms with van der Waals surface area (Å²) >= 11 is 0. The number of imide groups is 1. The number of aryl methyl sites for hydroxylation is 3. The van der Waals surface area contributed by atoms with Gasteiger partial charge in [0.25, 0.3) is 11.8 Å². The SMILES string of the molecule is Cc1ccc(NC2=C(c3ccc(C)cc3C)C(=O)N(c3cccc(F)c3)C2=O)cc1. The molecule has 0 spiro atoms. The zero-order valence-electron chi connectivity index (χ0n) is 17.0. The first-order valence-electron chi connectivity index (χ1n) is 9.65. The van der Waals surface area contributed by atoms with Crippen molar-refractivity contribution in [2.75, 3.05) is 10.2 Å². The predicted octanol–water partition coefficient (Wildman–Crippen LogP) is 5.15. The van der Waals surface area contributed by atoms with E-state index >= 15 is 0 Å². The average Bonchev–Trinajstić information content (AvgIpc) is 2.94. The van der Waals surface area contributed by atoms with Crippen LogP contribution in [0.5, 0.6) is 0 Å². The lowest BCUT2D eigenvalue weighted by Crippen LogP contribution is -2.32. The summed E-state index contributed by atoms with van der Waals surface area (Å²) in [5.74, 6) is -1.51. The highest BCUT2D eigenvalue weighted by molar-refractivity contribution is 6.46. The number of carbonyl (C=O) groups is 2. The van der Waals surface area contributed by atoms with Crippen LogP contribution in [0.25, 0.3) is 5.57 Å². The quantitative estimate of drug-likeness (QED) is 0.617. The highest BCUT2D eigenvalue weighted by Gasteiger charge is 2.40. The highest BCUT2D eigenvalue weighted by Crippen LogP contribution is 2.35. The monoisotopic (exact) mass is 400 g/mol. The smallest absolute Gasteiger partial charge is 0.282 e. The molecule has 0 saturated carbocycles. The maximum Gasteiger partial charge on any atom is 0.282 e. The molecule has 0 saturated heterocycles. The largest absolute Gasteiger partial charge is 0.350 e. The Bertz CT molecular complexity index is 1200. The van der Waals surface area contributed by atoms with Crippen LogP contribution in [0.15, 0.2) is 72.4 Å². The van der Waals surface area contributed by atoms with Gasteiger partial charge >= 0.3 is 0 Å². The van der Waals surface area contributed by atoms with Crippen LogP contribution in [0, 0.1) is 26.6 Å². The predicted molar refractivity (Wildman–Crippen MR) is 117 cm³/mol. The van der Waals surface area contributed by atoms with E-state index in [2.05, 4.69) is 5.32 Å². The van der Waals surface area contributed by atoms with Gasteiger partial charge in [-0.25, -0.2) is 9.29 Å². The number of rotatable bonds is 4. The van der Waals surface area contributed by atoms with Crippen molar-refractivity contribution in [3.63, 3.8) is 0 Å². The van der Waals surface area contributed by atoms with Gasteiger partial charge in [0.05, 0.1) is 11.3 Å². The molecule has 1 aliphatic rings. The van der Waals surface area contributed by atoms with Crippen molar-refractivity contribution in [1.82, 2.24) is 0 Å². The van der Waals surface area contributed by atoms with Crippen LogP contribution in [0.2, 0.25) is 0 Å². The lowest BCUT2D eigenvalue weighted by molar-refractivity contribution is -0.120. The zero-order chi connectivity index (χ0) is 21.4. The first kappa shape index (κ1) is 19.6. The molecule has 1 N–H and O–H groups in total. The van der Waals surface area contributed by atoms with Crippen molar-refractivity contribution in [1.29, 1.82) is 0 Å². The topological polar surface area (TPSA) is 49.4 Å². The second kappa shape index (κ2) is 7.59. The maximum absolute atomic E-state index is 13.8. The van der Waals surface area contributed by atoms with Gasteiger partial charge in [0.15, 0.2) is 0 Å². The lowest BCUT2D eigenvalue weighted by atomic mass is 9.97. The van der Waals surface area contributed by atoms with Crippen LogP contribution in [-0.4, -0.2) is 11.8 Å². The van der Waals surface area contributed by atoms with Gasteiger partial charge in [-0.05, 0) is 62.2 Å². The van der Waals surface area contributed by atoms with Crippen LogP contribution in [0.4, 0.5) is 15.8 Å². The molecule has 0 aromatic heterocycles. The van der Waals surface area contributed by atoms with E-state index in [0.29, 0.717) is 11.3 Å². The Labute approximate surface area is 174 Å². The normalized spacial score (nSPS) is 13.9. The van der Waals surface area contributed by atoms with Crippen molar-refractivity contribution in [2.45, 2.75) is 20.8 Å². The third kappa shape index (κ3) is 3.50. The molecule has 0 unspecified atom stereocenters. The fraction of sp³-hybridized carbons (Fsp3) is 0.120. The van der Waals surface area contributed by atoms with Gasteiger partial charge in [0, 0.05) is 5.69 Å². The molecular weight excluding hydrogens is 379 g/mol. The molecule has 1 heterocycles. The van der Waals surface area contributed by atoms with Gasteiger partial charge in [0.1, 0.15) is 11.5 Å². The van der Waals surface area contributed by atoms with E-state index in [-0.39, 0.29) is 17.0 Å². The maximum atomic E-state index is 13.8. The summed E-state index contributed by atoms with van der Waals surface area (Å²) < 4.78 is 13.8. The fourth-order valence-electron chi connectivity index (χ4n) is 3.62. The molecule has 0 atom stereocenters. The van der Waals surface area contributed by atoms with Gasteiger partial charge in [0.2, 0.25) is 0 Å². The van der Waals surface area contributed by atoms with Gasteiger partial charge in [-0.15, -0.1) is 0 Å². The van der Waals surface area contributed by atoms with E-state index in [1.165, 1.54) is 18.2 Å². The van der Waals surface area contributed by atoms with Gasteiger partial charge < -0.3 is 5.32 Å².